The van der Waals surface area contributed by atoms with E-state index in [4.69, 9.17) is 28.9 Å². The van der Waals surface area contributed by atoms with Crippen LogP contribution in [0.2, 0.25) is 10.0 Å². The Morgan fingerprint density at radius 2 is 2.14 bits per heavy atom. The average molecular weight is 232 g/mol. The van der Waals surface area contributed by atoms with Gasteiger partial charge in [-0.1, -0.05) is 29.3 Å². The third-order valence-electron chi connectivity index (χ3n) is 1.33. The van der Waals surface area contributed by atoms with Crippen molar-refractivity contribution in [1.82, 2.24) is 5.43 Å². The van der Waals surface area contributed by atoms with Gasteiger partial charge in [0.05, 0.1) is 16.3 Å². The lowest BCUT2D eigenvalue weighted by Gasteiger charge is -1.96. The molecule has 0 heterocycles. The number of nitrogens with zero attached hydrogens (tertiary/aromatic N) is 1. The normalized spacial score (nSPS) is 10.4. The van der Waals surface area contributed by atoms with Crippen LogP contribution in [-0.4, -0.2) is 12.2 Å². The molecule has 0 unspecified atom stereocenters. The van der Waals surface area contributed by atoms with Crippen LogP contribution in [0.15, 0.2) is 23.3 Å². The third-order valence-corrected chi connectivity index (χ3v) is 2.07. The number of benzene rings is 1. The maximum Gasteiger partial charge on any atom is 0.332 e. The fourth-order valence-electron chi connectivity index (χ4n) is 0.763. The van der Waals surface area contributed by atoms with E-state index < -0.39 is 6.03 Å². The zero-order chi connectivity index (χ0) is 10.6. The van der Waals surface area contributed by atoms with E-state index in [2.05, 4.69) is 10.5 Å². The molecule has 1 rings (SSSR count). The minimum atomic E-state index is -0.721. The Labute approximate surface area is 90.7 Å². The summed E-state index contributed by atoms with van der Waals surface area (Å²) in [7, 11) is 0. The zero-order valence-electron chi connectivity index (χ0n) is 7.00. The first-order chi connectivity index (χ1) is 6.59. The second-order valence-electron chi connectivity index (χ2n) is 2.41. The zero-order valence-corrected chi connectivity index (χ0v) is 8.51. The lowest BCUT2D eigenvalue weighted by atomic mass is 10.2. The number of primary amides is 1. The summed E-state index contributed by atoms with van der Waals surface area (Å²) in [6.45, 7) is 0. The quantitative estimate of drug-likeness (QED) is 0.594. The first-order valence-electron chi connectivity index (χ1n) is 3.63. The summed E-state index contributed by atoms with van der Waals surface area (Å²) in [6.07, 6.45) is 1.41. The van der Waals surface area contributed by atoms with Gasteiger partial charge in [0.15, 0.2) is 0 Å². The Hall–Kier alpha value is -1.26. The van der Waals surface area contributed by atoms with Gasteiger partial charge < -0.3 is 5.73 Å². The molecule has 0 bridgehead atoms. The monoisotopic (exact) mass is 231 g/mol. The molecule has 1 aromatic rings. The Kier molecular flexibility index (Phi) is 3.73. The number of carbonyl (C=O) groups is 1. The molecule has 14 heavy (non-hydrogen) atoms. The number of rotatable bonds is 2. The van der Waals surface area contributed by atoms with Gasteiger partial charge in [-0.15, -0.1) is 0 Å². The summed E-state index contributed by atoms with van der Waals surface area (Å²) >= 11 is 11.4. The Bertz CT molecular complexity index is 379. The van der Waals surface area contributed by atoms with Crippen molar-refractivity contribution in [3.05, 3.63) is 33.8 Å². The van der Waals surface area contributed by atoms with Crippen molar-refractivity contribution in [3.8, 4) is 0 Å². The van der Waals surface area contributed by atoms with Crippen LogP contribution in [-0.2, 0) is 0 Å². The predicted molar refractivity (Wildman–Crippen MR) is 56.8 cm³/mol. The molecular formula is C8H7Cl2N3O. The van der Waals surface area contributed by atoms with Gasteiger partial charge in [-0.05, 0) is 17.7 Å². The minimum Gasteiger partial charge on any atom is -0.350 e. The average Bonchev–Trinajstić information content (AvgIpc) is 2.10. The second-order valence-corrected chi connectivity index (χ2v) is 3.22. The molecule has 0 radical (unpaired) electrons. The smallest absolute Gasteiger partial charge is 0.332 e. The standard InChI is InChI=1S/C8H7Cl2N3O/c9-6-2-1-5(3-7(6)10)4-12-13-8(11)14/h1-4H,(H3,11,13,14). The maximum atomic E-state index is 10.3. The number of carbonyl (C=O) groups excluding carboxylic acids is 1. The number of nitrogens with two attached hydrogens (primary N) is 1. The second kappa shape index (κ2) is 4.83. The van der Waals surface area contributed by atoms with Crippen molar-refractivity contribution in [3.63, 3.8) is 0 Å². The number of nitrogens with one attached hydrogen (secondary N) is 1. The first kappa shape index (κ1) is 10.8. The van der Waals surface area contributed by atoms with Crippen LogP contribution in [0.1, 0.15) is 5.56 Å². The van der Waals surface area contributed by atoms with Crippen LogP contribution >= 0.6 is 23.2 Å². The first-order valence-corrected chi connectivity index (χ1v) is 4.39. The van der Waals surface area contributed by atoms with Crippen molar-refractivity contribution < 1.29 is 4.79 Å². The Balaban J connectivity index is 2.73. The van der Waals surface area contributed by atoms with Gasteiger partial charge in [0.25, 0.3) is 0 Å². The summed E-state index contributed by atoms with van der Waals surface area (Å²) in [5.41, 5.74) is 7.58. The highest BCUT2D eigenvalue weighted by Gasteiger charge is 1.96. The van der Waals surface area contributed by atoms with Gasteiger partial charge in [-0.25, -0.2) is 10.2 Å². The number of hydrogen-bond donors (Lipinski definition) is 2. The molecule has 6 heteroatoms. The molecule has 1 aromatic carbocycles. The van der Waals surface area contributed by atoms with Gasteiger partial charge in [0.2, 0.25) is 0 Å². The van der Waals surface area contributed by atoms with Crippen molar-refractivity contribution in [2.75, 3.05) is 0 Å². The van der Waals surface area contributed by atoms with E-state index in [-0.39, 0.29) is 0 Å². The van der Waals surface area contributed by atoms with E-state index in [1.54, 1.807) is 18.2 Å². The van der Waals surface area contributed by atoms with Gasteiger partial charge in [0.1, 0.15) is 0 Å². The Morgan fingerprint density at radius 3 is 2.71 bits per heavy atom. The van der Waals surface area contributed by atoms with Crippen molar-refractivity contribution >= 4 is 35.4 Å². The maximum absolute atomic E-state index is 10.3. The van der Waals surface area contributed by atoms with Gasteiger partial charge in [-0.3, -0.25) is 0 Å². The van der Waals surface area contributed by atoms with Gasteiger partial charge >= 0.3 is 6.03 Å². The van der Waals surface area contributed by atoms with E-state index in [0.717, 1.165) is 0 Å². The fraction of sp³-hybridized carbons (Fsp3) is 0. The molecular weight excluding hydrogens is 225 g/mol. The summed E-state index contributed by atoms with van der Waals surface area (Å²) < 4.78 is 0. The highest BCUT2D eigenvalue weighted by molar-refractivity contribution is 6.42. The van der Waals surface area contributed by atoms with E-state index in [1.807, 2.05) is 0 Å². The van der Waals surface area contributed by atoms with E-state index in [0.29, 0.717) is 15.6 Å². The van der Waals surface area contributed by atoms with Crippen LogP contribution in [0.3, 0.4) is 0 Å². The molecule has 0 aliphatic rings. The summed E-state index contributed by atoms with van der Waals surface area (Å²) in [5.74, 6) is 0. The number of hydrazone groups is 1. The number of halogens is 2. The predicted octanol–water partition coefficient (Wildman–Crippen LogP) is 2.00. The van der Waals surface area contributed by atoms with Crippen LogP contribution < -0.4 is 11.2 Å². The molecule has 0 atom stereocenters. The Morgan fingerprint density at radius 1 is 1.43 bits per heavy atom. The van der Waals surface area contributed by atoms with Gasteiger partial charge in [-0.2, -0.15) is 5.10 Å². The molecule has 0 spiro atoms. The molecule has 0 saturated carbocycles. The van der Waals surface area contributed by atoms with Crippen LogP contribution in [0.25, 0.3) is 0 Å². The molecule has 74 valence electrons. The number of amides is 2. The van der Waals surface area contributed by atoms with E-state index >= 15 is 0 Å². The lowest BCUT2D eigenvalue weighted by Crippen LogP contribution is -2.24. The SMILES string of the molecule is NC(=O)NN=Cc1ccc(Cl)c(Cl)c1. The minimum absolute atomic E-state index is 0.426. The molecule has 0 saturated heterocycles. The van der Waals surface area contributed by atoms with Crippen molar-refractivity contribution in [1.29, 1.82) is 0 Å². The summed E-state index contributed by atoms with van der Waals surface area (Å²) in [6, 6.07) is 4.24. The van der Waals surface area contributed by atoms with E-state index in [1.165, 1.54) is 6.21 Å². The topological polar surface area (TPSA) is 67.5 Å². The van der Waals surface area contributed by atoms with Gasteiger partial charge in [0, 0.05) is 0 Å². The highest BCUT2D eigenvalue weighted by Crippen LogP contribution is 2.21. The van der Waals surface area contributed by atoms with Crippen molar-refractivity contribution in [2.45, 2.75) is 0 Å². The van der Waals surface area contributed by atoms with E-state index in [9.17, 15) is 4.79 Å². The third kappa shape index (κ3) is 3.24. The molecule has 0 fully saturated rings. The largest absolute Gasteiger partial charge is 0.350 e. The molecule has 2 amide bonds. The number of urea groups is 1. The fourth-order valence-corrected chi connectivity index (χ4v) is 1.07. The summed E-state index contributed by atoms with van der Waals surface area (Å²) in [5, 5.41) is 4.45. The molecule has 0 aliphatic carbocycles. The molecule has 3 N–H and O–H groups in total. The summed E-state index contributed by atoms with van der Waals surface area (Å²) in [4.78, 5) is 10.3. The van der Waals surface area contributed by atoms with Crippen LogP contribution in [0.5, 0.6) is 0 Å². The highest BCUT2D eigenvalue weighted by atomic mass is 35.5. The lowest BCUT2D eigenvalue weighted by molar-refractivity contribution is 0.249. The van der Waals surface area contributed by atoms with Crippen molar-refractivity contribution in [2.24, 2.45) is 10.8 Å². The van der Waals surface area contributed by atoms with Crippen LogP contribution in [0, 0.1) is 0 Å². The molecule has 4 nitrogen and oxygen atoms in total. The number of hydrogen-bond acceptors (Lipinski definition) is 2. The molecule has 0 aromatic heterocycles. The van der Waals surface area contributed by atoms with Crippen LogP contribution in [0.4, 0.5) is 4.79 Å². The molecule has 0 aliphatic heterocycles.